The van der Waals surface area contributed by atoms with Gasteiger partial charge in [0, 0.05) is 12.3 Å². The number of rotatable bonds is 4. The molecule has 1 saturated carbocycles. The van der Waals surface area contributed by atoms with Gasteiger partial charge >= 0.3 is 5.97 Å². The van der Waals surface area contributed by atoms with Crippen molar-refractivity contribution in [1.29, 1.82) is 0 Å². The Morgan fingerprint density at radius 1 is 1.38 bits per heavy atom. The van der Waals surface area contributed by atoms with Crippen LogP contribution in [0.3, 0.4) is 0 Å². The van der Waals surface area contributed by atoms with E-state index in [1.807, 2.05) is 6.92 Å². The van der Waals surface area contributed by atoms with Crippen molar-refractivity contribution in [2.45, 2.75) is 57.4 Å². The number of aliphatic carboxylic acids is 1. The van der Waals surface area contributed by atoms with E-state index in [9.17, 15) is 14.7 Å². The van der Waals surface area contributed by atoms with E-state index in [1.165, 1.54) is 0 Å². The lowest BCUT2D eigenvalue weighted by Crippen LogP contribution is -2.55. The van der Waals surface area contributed by atoms with Gasteiger partial charge in [-0.3, -0.25) is 4.79 Å². The molecule has 1 saturated heterocycles. The number of carboxylic acid groups (broad SMARTS) is 1. The van der Waals surface area contributed by atoms with Crippen molar-refractivity contribution in [3.05, 3.63) is 0 Å². The summed E-state index contributed by atoms with van der Waals surface area (Å²) in [6.07, 6.45) is 4.34. The Morgan fingerprint density at radius 3 is 2.48 bits per heavy atom. The lowest BCUT2D eigenvalue weighted by Gasteiger charge is -2.42. The van der Waals surface area contributed by atoms with Crippen LogP contribution < -0.4 is 5.73 Å². The molecule has 2 atom stereocenters. The fourth-order valence-electron chi connectivity index (χ4n) is 3.43. The van der Waals surface area contributed by atoms with Crippen LogP contribution in [-0.2, 0) is 9.59 Å². The summed E-state index contributed by atoms with van der Waals surface area (Å²) in [5, 5.41) is 9.38. The number of thioether (sulfide) groups is 1. The molecule has 0 spiro atoms. The van der Waals surface area contributed by atoms with Gasteiger partial charge in [-0.2, -0.15) is 0 Å². The highest BCUT2D eigenvalue weighted by Gasteiger charge is 2.49. The van der Waals surface area contributed by atoms with Crippen molar-refractivity contribution >= 4 is 23.6 Å². The second-order valence-electron chi connectivity index (χ2n) is 6.43. The molecule has 5 nitrogen and oxygen atoms in total. The lowest BCUT2D eigenvalue weighted by atomic mass is 9.69. The number of hydrogen-bond acceptors (Lipinski definition) is 4. The van der Waals surface area contributed by atoms with Crippen molar-refractivity contribution in [2.24, 2.45) is 17.1 Å². The molecule has 120 valence electrons. The molecule has 0 aromatic carbocycles. The fourth-order valence-corrected chi connectivity index (χ4v) is 4.78. The van der Waals surface area contributed by atoms with Gasteiger partial charge in [-0.1, -0.05) is 13.8 Å². The molecule has 2 aliphatic rings. The molecule has 6 heteroatoms. The minimum atomic E-state index is -0.900. The largest absolute Gasteiger partial charge is 0.480 e. The van der Waals surface area contributed by atoms with Gasteiger partial charge in [0.25, 0.3) is 0 Å². The molecule has 3 N–H and O–H groups in total. The summed E-state index contributed by atoms with van der Waals surface area (Å²) in [4.78, 5) is 26.2. The van der Waals surface area contributed by atoms with Crippen LogP contribution in [-0.4, -0.2) is 45.6 Å². The zero-order valence-electron chi connectivity index (χ0n) is 12.9. The topological polar surface area (TPSA) is 83.6 Å². The predicted molar refractivity (Wildman–Crippen MR) is 83.9 cm³/mol. The first-order chi connectivity index (χ1) is 9.95. The first-order valence-corrected chi connectivity index (χ1v) is 8.87. The Labute approximate surface area is 130 Å². The molecular weight excluding hydrogens is 288 g/mol. The van der Waals surface area contributed by atoms with Gasteiger partial charge in [0.1, 0.15) is 6.04 Å². The van der Waals surface area contributed by atoms with E-state index in [-0.39, 0.29) is 11.3 Å². The standard InChI is InChI=1S/C15H26N2O3S/c1-3-12-17(11(8-21-12)13(18)19)14(20)15(9-16)6-4-10(2)5-7-15/h10-12H,3-9,16H2,1-2H3,(H,18,19). The van der Waals surface area contributed by atoms with E-state index in [0.717, 1.165) is 32.1 Å². The predicted octanol–water partition coefficient (Wildman–Crippen LogP) is 1.91. The van der Waals surface area contributed by atoms with E-state index in [4.69, 9.17) is 5.73 Å². The minimum Gasteiger partial charge on any atom is -0.480 e. The van der Waals surface area contributed by atoms with Crippen molar-refractivity contribution < 1.29 is 14.7 Å². The maximum absolute atomic E-state index is 13.1. The quantitative estimate of drug-likeness (QED) is 0.828. The van der Waals surface area contributed by atoms with Crippen LogP contribution in [0.25, 0.3) is 0 Å². The first-order valence-electron chi connectivity index (χ1n) is 7.82. The third-order valence-electron chi connectivity index (χ3n) is 5.04. The Kier molecular flexibility index (Phi) is 5.20. The number of carbonyl (C=O) groups excluding carboxylic acids is 1. The summed E-state index contributed by atoms with van der Waals surface area (Å²) < 4.78 is 0. The molecule has 0 aromatic heterocycles. The number of amides is 1. The summed E-state index contributed by atoms with van der Waals surface area (Å²) in [6.45, 7) is 4.52. The summed E-state index contributed by atoms with van der Waals surface area (Å²) in [7, 11) is 0. The van der Waals surface area contributed by atoms with Crippen molar-refractivity contribution in [2.75, 3.05) is 12.3 Å². The van der Waals surface area contributed by atoms with E-state index >= 15 is 0 Å². The zero-order valence-corrected chi connectivity index (χ0v) is 13.7. The smallest absolute Gasteiger partial charge is 0.327 e. The van der Waals surface area contributed by atoms with Crippen LogP contribution in [0.15, 0.2) is 0 Å². The van der Waals surface area contributed by atoms with Crippen LogP contribution in [0, 0.1) is 11.3 Å². The van der Waals surface area contributed by atoms with Gasteiger partial charge in [0.05, 0.1) is 10.8 Å². The normalized spacial score (nSPS) is 36.7. The average Bonchev–Trinajstić information content (AvgIpc) is 2.91. The zero-order chi connectivity index (χ0) is 15.6. The van der Waals surface area contributed by atoms with E-state index in [2.05, 4.69) is 6.92 Å². The number of hydrogen-bond donors (Lipinski definition) is 2. The van der Waals surface area contributed by atoms with Gasteiger partial charge in [-0.05, 0) is 38.0 Å². The number of carbonyl (C=O) groups is 2. The maximum Gasteiger partial charge on any atom is 0.327 e. The second kappa shape index (κ2) is 6.57. The van der Waals surface area contributed by atoms with Crippen LogP contribution in [0.1, 0.15) is 46.0 Å². The third kappa shape index (κ3) is 3.06. The summed E-state index contributed by atoms with van der Waals surface area (Å²) in [5.41, 5.74) is 5.42. The average molecular weight is 314 g/mol. The highest BCUT2D eigenvalue weighted by atomic mass is 32.2. The molecule has 21 heavy (non-hydrogen) atoms. The number of carboxylic acids is 1. The first kappa shape index (κ1) is 16.6. The van der Waals surface area contributed by atoms with Gasteiger partial charge in [0.2, 0.25) is 5.91 Å². The Balaban J connectivity index is 2.24. The summed E-state index contributed by atoms with van der Waals surface area (Å²) >= 11 is 1.57. The van der Waals surface area contributed by atoms with Crippen LogP contribution in [0.5, 0.6) is 0 Å². The van der Waals surface area contributed by atoms with Gasteiger partial charge in [-0.15, -0.1) is 11.8 Å². The molecule has 2 fully saturated rings. The van der Waals surface area contributed by atoms with Crippen molar-refractivity contribution in [3.63, 3.8) is 0 Å². The fraction of sp³-hybridized carbons (Fsp3) is 0.867. The molecule has 1 amide bonds. The minimum absolute atomic E-state index is 0.0265. The molecule has 2 rings (SSSR count). The van der Waals surface area contributed by atoms with Crippen LogP contribution in [0.2, 0.25) is 0 Å². The van der Waals surface area contributed by atoms with E-state index < -0.39 is 17.4 Å². The van der Waals surface area contributed by atoms with Gasteiger partial charge in [0.15, 0.2) is 0 Å². The third-order valence-corrected chi connectivity index (χ3v) is 6.49. The molecule has 2 unspecified atom stereocenters. The second-order valence-corrected chi connectivity index (χ2v) is 7.64. The highest BCUT2D eigenvalue weighted by Crippen LogP contribution is 2.43. The molecule has 1 heterocycles. The summed E-state index contributed by atoms with van der Waals surface area (Å²) in [5.74, 6) is 0.184. The van der Waals surface area contributed by atoms with Gasteiger partial charge in [-0.25, -0.2) is 4.79 Å². The highest BCUT2D eigenvalue weighted by molar-refractivity contribution is 8.00. The van der Waals surface area contributed by atoms with Crippen molar-refractivity contribution in [1.82, 2.24) is 4.90 Å². The lowest BCUT2D eigenvalue weighted by molar-refractivity contribution is -0.155. The van der Waals surface area contributed by atoms with Crippen molar-refractivity contribution in [3.8, 4) is 0 Å². The molecule has 0 bridgehead atoms. The Morgan fingerprint density at radius 2 is 2.00 bits per heavy atom. The Bertz CT molecular complexity index is 408. The maximum atomic E-state index is 13.1. The van der Waals surface area contributed by atoms with E-state index in [0.29, 0.717) is 18.2 Å². The van der Waals surface area contributed by atoms with Crippen LogP contribution in [0.4, 0.5) is 0 Å². The monoisotopic (exact) mass is 314 g/mol. The Hall–Kier alpha value is -0.750. The van der Waals surface area contributed by atoms with E-state index in [1.54, 1.807) is 16.7 Å². The molecule has 1 aliphatic heterocycles. The number of nitrogens with two attached hydrogens (primary N) is 1. The molecule has 1 aliphatic carbocycles. The SMILES string of the molecule is CCC1SCC(C(=O)O)N1C(=O)C1(CN)CCC(C)CC1. The molecular formula is C15H26N2O3S. The molecule has 0 radical (unpaired) electrons. The summed E-state index contributed by atoms with van der Waals surface area (Å²) in [6, 6.07) is -0.699. The van der Waals surface area contributed by atoms with Crippen LogP contribution >= 0.6 is 11.8 Å². The number of nitrogens with zero attached hydrogens (tertiary/aromatic N) is 1. The molecule has 0 aromatic rings. The van der Waals surface area contributed by atoms with Gasteiger partial charge < -0.3 is 15.7 Å².